The number of hydrogen-bond donors (Lipinski definition) is 1. The van der Waals surface area contributed by atoms with Gasteiger partial charge in [-0.25, -0.2) is 0 Å². The Bertz CT molecular complexity index is 1360. The van der Waals surface area contributed by atoms with Gasteiger partial charge in [0.05, 0.1) is 17.6 Å². The summed E-state index contributed by atoms with van der Waals surface area (Å²) >= 11 is 6.54. The van der Waals surface area contributed by atoms with Crippen LogP contribution >= 0.6 is 39.0 Å². The molecule has 1 aliphatic heterocycles. The number of Topliss-reactive ketones (excluding diaryl/α,β-unsaturated/α-hetero) is 1. The molecule has 6 nitrogen and oxygen atoms in total. The standard InChI is InChI=1S/C25H20BrN5OS2/c26-17-9-4-8-16(12-17)21-18(13-27)23(28)31(19-10-5-11-20(32)22(19)21)24-29-30-25(34-24)33-14-15-6-2-1-3-7-15/h1-4,6-9,12,21H,5,10-11,14,28H2. The number of carbonyl (C=O) groups is 1. The van der Waals surface area contributed by atoms with Crippen molar-refractivity contribution < 1.29 is 4.79 Å². The van der Waals surface area contributed by atoms with Gasteiger partial charge in [0.2, 0.25) is 5.13 Å². The van der Waals surface area contributed by atoms with Crippen molar-refractivity contribution >= 4 is 49.9 Å². The summed E-state index contributed by atoms with van der Waals surface area (Å²) in [5.74, 6) is 0.666. The van der Waals surface area contributed by atoms with E-state index in [0.717, 1.165) is 32.2 Å². The molecule has 0 saturated carbocycles. The maximum atomic E-state index is 13.2. The molecule has 0 amide bonds. The first-order valence-corrected chi connectivity index (χ1v) is 13.4. The number of nitrogens with two attached hydrogens (primary N) is 1. The van der Waals surface area contributed by atoms with Gasteiger partial charge in [0.15, 0.2) is 10.1 Å². The number of allylic oxidation sites excluding steroid dienone is 3. The van der Waals surface area contributed by atoms with Crippen LogP contribution in [0.1, 0.15) is 36.3 Å². The fraction of sp³-hybridized carbons (Fsp3) is 0.200. The monoisotopic (exact) mass is 549 g/mol. The maximum absolute atomic E-state index is 13.2. The zero-order valence-electron chi connectivity index (χ0n) is 18.1. The van der Waals surface area contributed by atoms with E-state index < -0.39 is 5.92 Å². The number of hydrogen-bond acceptors (Lipinski definition) is 8. The van der Waals surface area contributed by atoms with Crippen molar-refractivity contribution in [1.29, 1.82) is 5.26 Å². The average Bonchev–Trinajstić information content (AvgIpc) is 3.31. The second kappa shape index (κ2) is 9.74. The number of nitriles is 1. The van der Waals surface area contributed by atoms with E-state index >= 15 is 0 Å². The molecule has 170 valence electrons. The number of anilines is 1. The molecule has 1 aromatic heterocycles. The molecule has 1 atom stereocenters. The fourth-order valence-corrected chi connectivity index (χ4v) is 6.65. The highest BCUT2D eigenvalue weighted by atomic mass is 79.9. The van der Waals surface area contributed by atoms with Crippen LogP contribution in [0.5, 0.6) is 0 Å². The van der Waals surface area contributed by atoms with Crippen LogP contribution in [0.25, 0.3) is 0 Å². The molecule has 0 saturated heterocycles. The van der Waals surface area contributed by atoms with Gasteiger partial charge in [0.1, 0.15) is 5.82 Å². The Morgan fingerprint density at radius 1 is 1.18 bits per heavy atom. The van der Waals surface area contributed by atoms with Crippen molar-refractivity contribution in [3.63, 3.8) is 0 Å². The number of ketones is 1. The van der Waals surface area contributed by atoms with E-state index in [0.29, 0.717) is 34.9 Å². The average molecular weight is 551 g/mol. The highest BCUT2D eigenvalue weighted by Crippen LogP contribution is 2.47. The molecular weight excluding hydrogens is 530 g/mol. The summed E-state index contributed by atoms with van der Waals surface area (Å²) < 4.78 is 1.70. The van der Waals surface area contributed by atoms with Crippen molar-refractivity contribution in [2.75, 3.05) is 4.90 Å². The summed E-state index contributed by atoms with van der Waals surface area (Å²) in [5.41, 5.74) is 10.5. The number of aromatic nitrogens is 2. The van der Waals surface area contributed by atoms with E-state index in [9.17, 15) is 10.1 Å². The largest absolute Gasteiger partial charge is 0.384 e. The summed E-state index contributed by atoms with van der Waals surface area (Å²) in [6.07, 6.45) is 1.89. The van der Waals surface area contributed by atoms with Gasteiger partial charge >= 0.3 is 0 Å². The number of nitrogens with zero attached hydrogens (tertiary/aromatic N) is 4. The number of thioether (sulfide) groups is 1. The molecule has 2 heterocycles. The van der Waals surface area contributed by atoms with Gasteiger partial charge in [-0.3, -0.25) is 9.69 Å². The van der Waals surface area contributed by atoms with Crippen LogP contribution in [0.3, 0.4) is 0 Å². The van der Waals surface area contributed by atoms with Gasteiger partial charge in [-0.15, -0.1) is 10.2 Å². The predicted octanol–water partition coefficient (Wildman–Crippen LogP) is 5.90. The molecule has 34 heavy (non-hydrogen) atoms. The Labute approximate surface area is 214 Å². The molecular formula is C25H20BrN5OS2. The third kappa shape index (κ3) is 4.29. The van der Waals surface area contributed by atoms with Crippen LogP contribution in [0, 0.1) is 11.3 Å². The van der Waals surface area contributed by atoms with Crippen molar-refractivity contribution in [2.24, 2.45) is 5.73 Å². The molecule has 1 unspecified atom stereocenters. The molecule has 3 aromatic rings. The molecule has 1 aliphatic carbocycles. The van der Waals surface area contributed by atoms with E-state index in [2.05, 4.69) is 44.3 Å². The zero-order chi connectivity index (χ0) is 23.7. The smallest absolute Gasteiger partial charge is 0.219 e. The van der Waals surface area contributed by atoms with E-state index in [1.54, 1.807) is 16.7 Å². The van der Waals surface area contributed by atoms with E-state index in [1.165, 1.54) is 16.9 Å². The predicted molar refractivity (Wildman–Crippen MR) is 138 cm³/mol. The van der Waals surface area contributed by atoms with Gasteiger partial charge in [-0.1, -0.05) is 81.5 Å². The quantitative estimate of drug-likeness (QED) is 0.396. The Morgan fingerprint density at radius 2 is 2.00 bits per heavy atom. The van der Waals surface area contributed by atoms with Gasteiger partial charge < -0.3 is 5.73 Å². The molecule has 5 rings (SSSR count). The summed E-state index contributed by atoms with van der Waals surface area (Å²) in [5, 5.41) is 19.5. The minimum absolute atomic E-state index is 0.0552. The summed E-state index contributed by atoms with van der Waals surface area (Å²) in [6.45, 7) is 0. The second-order valence-corrected chi connectivity index (χ2v) is 11.1. The second-order valence-electron chi connectivity index (χ2n) is 8.00. The molecule has 9 heteroatoms. The van der Waals surface area contributed by atoms with Gasteiger partial charge in [0, 0.05) is 27.9 Å². The Morgan fingerprint density at radius 3 is 2.76 bits per heavy atom. The first-order chi connectivity index (χ1) is 16.6. The molecule has 2 aliphatic rings. The minimum Gasteiger partial charge on any atom is -0.384 e. The summed E-state index contributed by atoms with van der Waals surface area (Å²) in [4.78, 5) is 15.0. The topological polar surface area (TPSA) is 95.9 Å². The molecule has 2 N–H and O–H groups in total. The first-order valence-electron chi connectivity index (χ1n) is 10.8. The number of rotatable bonds is 5. The van der Waals surface area contributed by atoms with E-state index in [1.807, 2.05) is 42.5 Å². The third-order valence-electron chi connectivity index (χ3n) is 5.89. The van der Waals surface area contributed by atoms with Crippen LogP contribution in [-0.4, -0.2) is 16.0 Å². The van der Waals surface area contributed by atoms with Crippen molar-refractivity contribution in [1.82, 2.24) is 10.2 Å². The van der Waals surface area contributed by atoms with E-state index in [4.69, 9.17) is 5.73 Å². The van der Waals surface area contributed by atoms with Crippen LogP contribution in [0.2, 0.25) is 0 Å². The van der Waals surface area contributed by atoms with Crippen molar-refractivity contribution in [3.8, 4) is 6.07 Å². The minimum atomic E-state index is -0.485. The number of halogens is 1. The molecule has 0 fully saturated rings. The van der Waals surface area contributed by atoms with Crippen LogP contribution in [0.4, 0.5) is 5.13 Å². The van der Waals surface area contributed by atoms with Crippen molar-refractivity contribution in [3.05, 3.63) is 92.9 Å². The Balaban J connectivity index is 1.54. The summed E-state index contributed by atoms with van der Waals surface area (Å²) in [6, 6.07) is 20.2. The Hall–Kier alpha value is -2.93. The van der Waals surface area contributed by atoms with Gasteiger partial charge in [0.25, 0.3) is 0 Å². The maximum Gasteiger partial charge on any atom is 0.219 e. The SMILES string of the molecule is N#CC1=C(N)N(c2nnc(SCc3ccccc3)s2)C2=C(C(=O)CCC2)C1c1cccc(Br)c1. The van der Waals surface area contributed by atoms with Gasteiger partial charge in [-0.05, 0) is 36.1 Å². The lowest BCUT2D eigenvalue weighted by molar-refractivity contribution is -0.116. The van der Waals surface area contributed by atoms with Crippen molar-refractivity contribution in [2.45, 2.75) is 35.3 Å². The number of benzene rings is 2. The highest BCUT2D eigenvalue weighted by molar-refractivity contribution is 9.10. The van der Waals surface area contributed by atoms with Crippen LogP contribution in [0.15, 0.2) is 86.1 Å². The third-order valence-corrected chi connectivity index (χ3v) is 8.49. The first kappa shape index (κ1) is 22.8. The van der Waals surface area contributed by atoms with Crippen LogP contribution in [-0.2, 0) is 10.5 Å². The van der Waals surface area contributed by atoms with Crippen LogP contribution < -0.4 is 10.6 Å². The lowest BCUT2D eigenvalue weighted by Gasteiger charge is -2.38. The molecule has 0 spiro atoms. The molecule has 0 bridgehead atoms. The van der Waals surface area contributed by atoms with Gasteiger partial charge in [-0.2, -0.15) is 5.26 Å². The lowest BCUT2D eigenvalue weighted by Crippen LogP contribution is -2.38. The van der Waals surface area contributed by atoms with E-state index in [-0.39, 0.29) is 5.78 Å². The number of carbonyl (C=O) groups excluding carboxylic acids is 1. The molecule has 2 aromatic carbocycles. The lowest BCUT2D eigenvalue weighted by atomic mass is 9.76. The highest BCUT2D eigenvalue weighted by Gasteiger charge is 2.41. The fourth-order valence-electron chi connectivity index (χ4n) is 4.39. The molecule has 0 radical (unpaired) electrons. The zero-order valence-corrected chi connectivity index (χ0v) is 21.3. The normalized spacial score (nSPS) is 18.2. The summed E-state index contributed by atoms with van der Waals surface area (Å²) in [7, 11) is 0. The Kier molecular flexibility index (Phi) is 6.55.